The number of aromatic nitrogens is 2. The van der Waals surface area contributed by atoms with Gasteiger partial charge in [0.1, 0.15) is 5.82 Å². The highest BCUT2D eigenvalue weighted by Crippen LogP contribution is 2.31. The third kappa shape index (κ3) is 3.22. The maximum absolute atomic E-state index is 14.0. The first-order chi connectivity index (χ1) is 10.5. The highest BCUT2D eigenvalue weighted by Gasteiger charge is 2.20. The Morgan fingerprint density at radius 1 is 1.36 bits per heavy atom. The van der Waals surface area contributed by atoms with Crippen LogP contribution in [-0.2, 0) is 4.74 Å². The van der Waals surface area contributed by atoms with Gasteiger partial charge in [0.2, 0.25) is 0 Å². The van der Waals surface area contributed by atoms with Crippen molar-refractivity contribution in [3.8, 4) is 11.3 Å². The molecule has 8 heteroatoms. The monoisotopic (exact) mass is 328 g/mol. The Morgan fingerprint density at radius 3 is 2.64 bits per heavy atom. The van der Waals surface area contributed by atoms with Gasteiger partial charge in [0.05, 0.1) is 23.9 Å². The van der Waals surface area contributed by atoms with E-state index in [2.05, 4.69) is 14.7 Å². The minimum atomic E-state index is -2.80. The first-order valence-corrected chi connectivity index (χ1v) is 7.27. The first kappa shape index (κ1) is 16.3. The molecule has 0 fully saturated rings. The Balaban J connectivity index is 2.56. The molecule has 1 aromatic carbocycles. The van der Waals surface area contributed by atoms with Gasteiger partial charge in [0.25, 0.3) is 6.43 Å². The largest absolute Gasteiger partial charge is 0.465 e. The molecular weight excluding hydrogens is 317 g/mol. The Morgan fingerprint density at radius 2 is 2.09 bits per heavy atom. The average Bonchev–Trinajstić information content (AvgIpc) is 2.53. The van der Waals surface area contributed by atoms with Crippen molar-refractivity contribution in [2.24, 2.45) is 0 Å². The molecule has 2 aromatic rings. The van der Waals surface area contributed by atoms with Crippen LogP contribution in [0.3, 0.4) is 0 Å². The minimum absolute atomic E-state index is 0.0651. The van der Waals surface area contributed by atoms with Gasteiger partial charge >= 0.3 is 5.97 Å². The van der Waals surface area contributed by atoms with E-state index in [0.717, 1.165) is 19.4 Å². The highest BCUT2D eigenvalue weighted by atomic mass is 32.2. The quantitative estimate of drug-likeness (QED) is 0.486. The number of halogens is 3. The molecular formula is C14H11F3N2O2S. The summed E-state index contributed by atoms with van der Waals surface area (Å²) in [5, 5.41) is 0.289. The van der Waals surface area contributed by atoms with E-state index in [9.17, 15) is 18.0 Å². The van der Waals surface area contributed by atoms with Crippen LogP contribution in [0.25, 0.3) is 11.3 Å². The molecule has 0 saturated heterocycles. The maximum Gasteiger partial charge on any atom is 0.340 e. The van der Waals surface area contributed by atoms with Crippen LogP contribution in [0.15, 0.2) is 29.6 Å². The van der Waals surface area contributed by atoms with Gasteiger partial charge in [-0.3, -0.25) is 0 Å². The molecule has 0 aliphatic rings. The molecule has 0 radical (unpaired) electrons. The number of carbonyl (C=O) groups excluding carboxylic acids is 1. The zero-order chi connectivity index (χ0) is 16.3. The fourth-order valence-corrected chi connectivity index (χ4v) is 2.14. The molecule has 0 saturated carbocycles. The Bertz CT molecular complexity index is 710. The Labute approximate surface area is 128 Å². The number of benzene rings is 1. The normalized spacial score (nSPS) is 10.8. The van der Waals surface area contributed by atoms with E-state index < -0.39 is 23.8 Å². The third-order valence-corrected chi connectivity index (χ3v) is 3.42. The van der Waals surface area contributed by atoms with Gasteiger partial charge in [-0.1, -0.05) is 17.8 Å². The molecule has 0 aliphatic carbocycles. The average molecular weight is 328 g/mol. The van der Waals surface area contributed by atoms with Crippen molar-refractivity contribution in [1.82, 2.24) is 9.97 Å². The van der Waals surface area contributed by atoms with E-state index in [1.54, 1.807) is 6.26 Å². The van der Waals surface area contributed by atoms with Crippen molar-refractivity contribution in [3.63, 3.8) is 0 Å². The zero-order valence-corrected chi connectivity index (χ0v) is 12.5. The smallest absolute Gasteiger partial charge is 0.340 e. The number of esters is 1. The summed E-state index contributed by atoms with van der Waals surface area (Å²) in [5.41, 5.74) is -0.602. The standard InChI is InChI=1S/C14H11F3N2O2S/c1-21-13(20)8-4-3-7(5-10(8)15)11-9(12(16)17)6-18-14(19-11)22-2/h3-6,12H,1-2H3. The first-order valence-electron chi connectivity index (χ1n) is 6.05. The van der Waals surface area contributed by atoms with Gasteiger partial charge < -0.3 is 4.74 Å². The molecule has 1 aromatic heterocycles. The predicted octanol–water partition coefficient (Wildman–Crippen LogP) is 3.73. The van der Waals surface area contributed by atoms with Crippen molar-refractivity contribution >= 4 is 17.7 Å². The molecule has 0 N–H and O–H groups in total. The summed E-state index contributed by atoms with van der Waals surface area (Å²) < 4.78 is 44.5. The number of methoxy groups -OCH3 is 1. The number of alkyl halides is 2. The van der Waals surface area contributed by atoms with Gasteiger partial charge in [-0.15, -0.1) is 0 Å². The summed E-state index contributed by atoms with van der Waals surface area (Å²) in [5.74, 6) is -1.71. The summed E-state index contributed by atoms with van der Waals surface area (Å²) in [6, 6.07) is 3.49. The van der Waals surface area contributed by atoms with Crippen molar-refractivity contribution in [2.75, 3.05) is 13.4 Å². The molecule has 22 heavy (non-hydrogen) atoms. The van der Waals surface area contributed by atoms with Crippen molar-refractivity contribution < 1.29 is 22.7 Å². The summed E-state index contributed by atoms with van der Waals surface area (Å²) in [4.78, 5) is 19.1. The Kier molecular flexibility index (Phi) is 5.02. The zero-order valence-electron chi connectivity index (χ0n) is 11.6. The topological polar surface area (TPSA) is 52.1 Å². The summed E-state index contributed by atoms with van der Waals surface area (Å²) in [7, 11) is 1.12. The number of ether oxygens (including phenoxy) is 1. The highest BCUT2D eigenvalue weighted by molar-refractivity contribution is 7.98. The lowest BCUT2D eigenvalue weighted by molar-refractivity contribution is 0.0595. The van der Waals surface area contributed by atoms with Crippen molar-refractivity contribution in [2.45, 2.75) is 11.6 Å². The maximum atomic E-state index is 14.0. The second-order valence-corrected chi connectivity index (χ2v) is 4.92. The van der Waals surface area contributed by atoms with Crippen LogP contribution in [0, 0.1) is 5.82 Å². The van der Waals surface area contributed by atoms with Crippen LogP contribution >= 0.6 is 11.8 Å². The molecule has 0 unspecified atom stereocenters. The number of thioether (sulfide) groups is 1. The Hall–Kier alpha value is -2.09. The summed E-state index contributed by atoms with van der Waals surface area (Å²) in [6.45, 7) is 0. The van der Waals surface area contributed by atoms with Crippen LogP contribution in [-0.4, -0.2) is 29.3 Å². The lowest BCUT2D eigenvalue weighted by Crippen LogP contribution is -2.05. The van der Waals surface area contributed by atoms with E-state index >= 15 is 0 Å². The van der Waals surface area contributed by atoms with Gasteiger partial charge in [0.15, 0.2) is 5.16 Å². The molecule has 0 aliphatic heterocycles. The molecule has 1 heterocycles. The van der Waals surface area contributed by atoms with Gasteiger partial charge in [-0.25, -0.2) is 27.9 Å². The lowest BCUT2D eigenvalue weighted by atomic mass is 10.0. The number of nitrogens with zero attached hydrogens (tertiary/aromatic N) is 2. The van der Waals surface area contributed by atoms with Crippen LogP contribution in [0.4, 0.5) is 13.2 Å². The summed E-state index contributed by atoms with van der Waals surface area (Å²) in [6.07, 6.45) is -0.0817. The fourth-order valence-electron chi connectivity index (χ4n) is 1.80. The van der Waals surface area contributed by atoms with Crippen LogP contribution in [0.2, 0.25) is 0 Å². The van der Waals surface area contributed by atoms with Gasteiger partial charge in [-0.2, -0.15) is 0 Å². The second-order valence-electron chi connectivity index (χ2n) is 4.15. The fraction of sp³-hybridized carbons (Fsp3) is 0.214. The molecule has 2 rings (SSSR count). The van der Waals surface area contributed by atoms with E-state index in [1.165, 1.54) is 23.9 Å². The van der Waals surface area contributed by atoms with Crippen LogP contribution in [0.5, 0.6) is 0 Å². The SMILES string of the molecule is COC(=O)c1ccc(-c2nc(SC)ncc2C(F)F)cc1F. The second kappa shape index (κ2) is 6.78. The van der Waals surface area contributed by atoms with Crippen LogP contribution < -0.4 is 0 Å². The van der Waals surface area contributed by atoms with E-state index in [-0.39, 0.29) is 22.0 Å². The number of rotatable bonds is 4. The number of hydrogen-bond donors (Lipinski definition) is 0. The van der Waals surface area contributed by atoms with E-state index in [4.69, 9.17) is 0 Å². The van der Waals surface area contributed by atoms with Gasteiger partial charge in [0, 0.05) is 11.8 Å². The molecule has 116 valence electrons. The predicted molar refractivity (Wildman–Crippen MR) is 75.5 cm³/mol. The minimum Gasteiger partial charge on any atom is -0.465 e. The molecule has 0 bridgehead atoms. The number of carbonyl (C=O) groups is 1. The summed E-state index contributed by atoms with van der Waals surface area (Å²) >= 11 is 1.18. The van der Waals surface area contributed by atoms with Crippen molar-refractivity contribution in [3.05, 3.63) is 41.3 Å². The molecule has 0 spiro atoms. The third-order valence-electron chi connectivity index (χ3n) is 2.86. The molecule has 0 amide bonds. The number of hydrogen-bond acceptors (Lipinski definition) is 5. The molecule has 0 atom stereocenters. The van der Waals surface area contributed by atoms with Crippen LogP contribution in [0.1, 0.15) is 22.3 Å². The van der Waals surface area contributed by atoms with Gasteiger partial charge in [-0.05, 0) is 18.4 Å². The lowest BCUT2D eigenvalue weighted by Gasteiger charge is -2.10. The van der Waals surface area contributed by atoms with E-state index in [1.807, 2.05) is 0 Å². The molecule has 4 nitrogen and oxygen atoms in total. The van der Waals surface area contributed by atoms with Crippen molar-refractivity contribution in [1.29, 1.82) is 0 Å². The van der Waals surface area contributed by atoms with E-state index in [0.29, 0.717) is 0 Å².